The number of nitrogens with zero attached hydrogens (tertiary/aromatic N) is 2. The summed E-state index contributed by atoms with van der Waals surface area (Å²) >= 11 is 0. The summed E-state index contributed by atoms with van der Waals surface area (Å²) in [5.41, 5.74) is -1.06. The number of hydrogen-bond donors (Lipinski definition) is 2. The lowest BCUT2D eigenvalue weighted by Crippen LogP contribution is -2.62. The maximum Gasteiger partial charge on any atom is 0.312 e. The molecule has 1 spiro atoms. The molecule has 3 fully saturated rings. The minimum atomic E-state index is -1.26. The number of ether oxygens (including phenoxy) is 2. The van der Waals surface area contributed by atoms with E-state index in [1.807, 2.05) is 44.2 Å². The fourth-order valence-electron chi connectivity index (χ4n) is 8.37. The first kappa shape index (κ1) is 37.3. The van der Waals surface area contributed by atoms with E-state index in [0.29, 0.717) is 32.1 Å². The Bertz CT molecular complexity index is 1360. The van der Waals surface area contributed by atoms with Crippen LogP contribution in [0, 0.1) is 17.3 Å². The predicted molar refractivity (Wildman–Crippen MR) is 184 cm³/mol. The lowest BCUT2D eigenvalue weighted by atomic mass is 9.70. The normalized spacial score (nSPS) is 26.1. The number of aliphatic hydroxyl groups excluding tert-OH is 1. The van der Waals surface area contributed by atoms with Gasteiger partial charge in [-0.3, -0.25) is 19.2 Å². The first-order valence-electron chi connectivity index (χ1n) is 17.3. The van der Waals surface area contributed by atoms with Gasteiger partial charge in [0, 0.05) is 18.5 Å². The molecule has 264 valence electrons. The first-order chi connectivity index (χ1) is 22.6. The molecule has 4 rings (SSSR count). The summed E-state index contributed by atoms with van der Waals surface area (Å²) in [7, 11) is 0. The third-order valence-corrected chi connectivity index (χ3v) is 9.91. The molecule has 3 aliphatic rings. The third kappa shape index (κ3) is 7.70. The molecule has 0 aliphatic carbocycles. The van der Waals surface area contributed by atoms with Crippen molar-refractivity contribution in [3.63, 3.8) is 0 Å². The highest BCUT2D eigenvalue weighted by molar-refractivity contribution is 5.98. The molecule has 3 saturated heterocycles. The Morgan fingerprint density at radius 1 is 1.17 bits per heavy atom. The molecular formula is C38H55N3O7. The number of likely N-dealkylation sites (tertiary alicyclic amines) is 1. The average Bonchev–Trinajstić information content (AvgIpc) is 3.66. The summed E-state index contributed by atoms with van der Waals surface area (Å²) in [4.78, 5) is 59.1. The van der Waals surface area contributed by atoms with Gasteiger partial charge in [-0.25, -0.2) is 0 Å². The van der Waals surface area contributed by atoms with Crippen molar-refractivity contribution in [2.75, 3.05) is 19.7 Å². The molecule has 10 heteroatoms. The smallest absolute Gasteiger partial charge is 0.312 e. The van der Waals surface area contributed by atoms with Gasteiger partial charge in [0.05, 0.1) is 37.1 Å². The Labute approximate surface area is 285 Å². The molecule has 0 saturated carbocycles. The second-order valence-electron chi connectivity index (χ2n) is 15.5. The Balaban J connectivity index is 1.70. The van der Waals surface area contributed by atoms with Gasteiger partial charge in [-0.05, 0) is 63.9 Å². The fourth-order valence-corrected chi connectivity index (χ4v) is 8.37. The number of rotatable bonds is 16. The predicted octanol–water partition coefficient (Wildman–Crippen LogP) is 4.21. The van der Waals surface area contributed by atoms with Crippen LogP contribution in [-0.2, 0) is 35.1 Å². The number of benzene rings is 1. The van der Waals surface area contributed by atoms with E-state index in [0.717, 1.165) is 5.56 Å². The lowest BCUT2D eigenvalue weighted by Gasteiger charge is -2.46. The fraction of sp³-hybridized carbons (Fsp3) is 0.632. The number of hydrogen-bond acceptors (Lipinski definition) is 7. The zero-order valence-electron chi connectivity index (χ0n) is 29.6. The maximum absolute atomic E-state index is 15.1. The van der Waals surface area contributed by atoms with E-state index in [9.17, 15) is 19.5 Å². The summed E-state index contributed by atoms with van der Waals surface area (Å²) in [6.07, 6.45) is 4.87. The molecular weight excluding hydrogens is 610 g/mol. The van der Waals surface area contributed by atoms with Crippen LogP contribution in [0.1, 0.15) is 79.2 Å². The van der Waals surface area contributed by atoms with Gasteiger partial charge in [0.1, 0.15) is 17.7 Å². The molecule has 3 amide bonds. The standard InChI is InChI=1S/C38H55N3O7/c1-9-11-17-29(43)39-22-25(3)47-35(46)30-28-18-19-38(48-28)31(30)33(44)41(27(23-42)21-26-15-13-12-14-16-26)32(38)34(45)40(20-10-2)37(7,8)24-36(4,5)6/h9-10,12-16,25,27-28,30-32,42H,1-2,11,17-24H2,3-8H3,(H,39,43)/t25-,27-,28+,30-,31-,32+,38-/m1/s1. The van der Waals surface area contributed by atoms with Gasteiger partial charge in [0.15, 0.2) is 0 Å². The van der Waals surface area contributed by atoms with Gasteiger partial charge >= 0.3 is 5.97 Å². The highest BCUT2D eigenvalue weighted by atomic mass is 16.6. The van der Waals surface area contributed by atoms with Crippen LogP contribution < -0.4 is 5.32 Å². The summed E-state index contributed by atoms with van der Waals surface area (Å²) in [6.45, 7) is 19.7. The van der Waals surface area contributed by atoms with E-state index in [1.54, 1.807) is 24.0 Å². The van der Waals surface area contributed by atoms with Crippen LogP contribution >= 0.6 is 0 Å². The molecule has 0 aromatic heterocycles. The van der Waals surface area contributed by atoms with E-state index < -0.39 is 53.2 Å². The highest BCUT2D eigenvalue weighted by Crippen LogP contribution is 2.59. The zero-order valence-corrected chi connectivity index (χ0v) is 29.6. The van der Waals surface area contributed by atoms with Crippen molar-refractivity contribution < 1.29 is 33.8 Å². The monoisotopic (exact) mass is 665 g/mol. The number of fused-ring (bicyclic) bond motifs is 1. The SMILES string of the molecule is C=CCCC(=O)NC[C@@H](C)OC(=O)[C@@H]1[C@@H]2CC[C@]3(O2)[C@H](C(=O)N(CC=C)C(C)(C)CC(C)(C)C)N([C@@H](CO)Cc2ccccc2)C(=O)[C@@H]13. The Hall–Kier alpha value is -3.50. The van der Waals surface area contributed by atoms with Crippen molar-refractivity contribution >= 4 is 23.7 Å². The summed E-state index contributed by atoms with van der Waals surface area (Å²) in [5, 5.41) is 13.6. The van der Waals surface area contributed by atoms with Crippen LogP contribution in [0.4, 0.5) is 0 Å². The van der Waals surface area contributed by atoms with E-state index in [4.69, 9.17) is 9.47 Å². The topological polar surface area (TPSA) is 125 Å². The largest absolute Gasteiger partial charge is 0.460 e. The van der Waals surface area contributed by atoms with E-state index in [-0.39, 0.29) is 49.3 Å². The quantitative estimate of drug-likeness (QED) is 0.200. The molecule has 10 nitrogen and oxygen atoms in total. The summed E-state index contributed by atoms with van der Waals surface area (Å²) < 4.78 is 12.5. The van der Waals surface area contributed by atoms with Gasteiger partial charge in [0.2, 0.25) is 17.7 Å². The van der Waals surface area contributed by atoms with Crippen LogP contribution in [0.5, 0.6) is 0 Å². The second kappa shape index (κ2) is 14.9. The molecule has 0 unspecified atom stereocenters. The number of aliphatic hydroxyl groups is 1. The van der Waals surface area contributed by atoms with Crippen LogP contribution in [0.15, 0.2) is 55.6 Å². The van der Waals surface area contributed by atoms with Crippen molar-refractivity contribution in [1.29, 1.82) is 0 Å². The molecule has 7 atom stereocenters. The second-order valence-corrected chi connectivity index (χ2v) is 15.5. The Kier molecular flexibility index (Phi) is 11.6. The Morgan fingerprint density at radius 2 is 1.85 bits per heavy atom. The lowest BCUT2D eigenvalue weighted by molar-refractivity contribution is -0.160. The van der Waals surface area contributed by atoms with Crippen molar-refractivity contribution in [3.05, 3.63) is 61.2 Å². The van der Waals surface area contributed by atoms with Gasteiger partial charge in [0.25, 0.3) is 0 Å². The van der Waals surface area contributed by atoms with Gasteiger partial charge in [-0.2, -0.15) is 0 Å². The first-order valence-corrected chi connectivity index (χ1v) is 17.3. The van der Waals surface area contributed by atoms with Gasteiger partial charge in [-0.1, -0.05) is 63.3 Å². The highest BCUT2D eigenvalue weighted by Gasteiger charge is 2.76. The van der Waals surface area contributed by atoms with Gasteiger partial charge < -0.3 is 29.7 Å². The van der Waals surface area contributed by atoms with Crippen LogP contribution in [0.25, 0.3) is 0 Å². The van der Waals surface area contributed by atoms with E-state index in [1.165, 1.54) is 4.90 Å². The number of nitrogens with one attached hydrogen (secondary N) is 1. The minimum absolute atomic E-state index is 0.102. The molecule has 1 aromatic carbocycles. The minimum Gasteiger partial charge on any atom is -0.460 e. The summed E-state index contributed by atoms with van der Waals surface area (Å²) in [6, 6.07) is 7.76. The molecule has 48 heavy (non-hydrogen) atoms. The number of amides is 3. The zero-order chi connectivity index (χ0) is 35.4. The summed E-state index contributed by atoms with van der Waals surface area (Å²) in [5.74, 6) is -3.29. The van der Waals surface area contributed by atoms with E-state index in [2.05, 4.69) is 39.2 Å². The number of esters is 1. The Morgan fingerprint density at radius 3 is 2.46 bits per heavy atom. The van der Waals surface area contributed by atoms with Gasteiger partial charge in [-0.15, -0.1) is 13.2 Å². The number of allylic oxidation sites excluding steroid dienone is 1. The molecule has 3 heterocycles. The van der Waals surface area contributed by atoms with Crippen molar-refractivity contribution in [2.24, 2.45) is 17.3 Å². The molecule has 2 bridgehead atoms. The van der Waals surface area contributed by atoms with Crippen LogP contribution in [0.2, 0.25) is 0 Å². The third-order valence-electron chi connectivity index (χ3n) is 9.91. The molecule has 2 N–H and O–H groups in total. The van der Waals surface area contributed by atoms with Crippen LogP contribution in [-0.4, -0.2) is 93.7 Å². The molecule has 1 aromatic rings. The van der Waals surface area contributed by atoms with Crippen molar-refractivity contribution in [1.82, 2.24) is 15.1 Å². The molecule has 0 radical (unpaired) electrons. The number of carbonyl (C=O) groups excluding carboxylic acids is 4. The molecule has 3 aliphatic heterocycles. The average molecular weight is 666 g/mol. The van der Waals surface area contributed by atoms with Crippen LogP contribution in [0.3, 0.4) is 0 Å². The maximum atomic E-state index is 15.1. The van der Waals surface area contributed by atoms with Crippen molar-refractivity contribution in [3.8, 4) is 0 Å². The van der Waals surface area contributed by atoms with Crippen molar-refractivity contribution in [2.45, 2.75) is 115 Å². The van der Waals surface area contributed by atoms with E-state index >= 15 is 4.79 Å². The number of carbonyl (C=O) groups is 4.